The maximum absolute atomic E-state index is 8.77. The molecule has 1 aromatic carbocycles. The Bertz CT molecular complexity index is 490. The van der Waals surface area contributed by atoms with Gasteiger partial charge >= 0.3 is 0 Å². The summed E-state index contributed by atoms with van der Waals surface area (Å²) in [5.41, 5.74) is 3.72. The quantitative estimate of drug-likeness (QED) is 0.549. The number of aliphatic hydroxyl groups is 1. The van der Waals surface area contributed by atoms with Gasteiger partial charge in [0, 0.05) is 0 Å². The Balaban J connectivity index is 2.38. The molecule has 0 aromatic heterocycles. The van der Waals surface area contributed by atoms with Crippen molar-refractivity contribution in [2.75, 3.05) is 6.61 Å². The molecule has 0 unspecified atom stereocenters. The average molecular weight is 268 g/mol. The molecule has 0 saturated carbocycles. The van der Waals surface area contributed by atoms with Crippen LogP contribution < -0.4 is 0 Å². The number of aliphatic hydroxyl groups excluding tert-OH is 1. The van der Waals surface area contributed by atoms with E-state index in [1.807, 2.05) is 24.3 Å². The van der Waals surface area contributed by atoms with E-state index >= 15 is 0 Å². The van der Waals surface area contributed by atoms with E-state index in [0.29, 0.717) is 0 Å². The minimum Gasteiger partial charge on any atom is -0.392 e. The van der Waals surface area contributed by atoms with Gasteiger partial charge in [0.15, 0.2) is 0 Å². The van der Waals surface area contributed by atoms with Crippen LogP contribution >= 0.6 is 0 Å². The molecular weight excluding hydrogens is 244 g/mol. The van der Waals surface area contributed by atoms with Gasteiger partial charge in [-0.3, -0.25) is 0 Å². The summed E-state index contributed by atoms with van der Waals surface area (Å²) in [6.45, 7) is 4.30. The second kappa shape index (κ2) is 9.99. The minimum atomic E-state index is 0.138. The summed E-state index contributed by atoms with van der Waals surface area (Å²) >= 11 is 0. The predicted octanol–water partition coefficient (Wildman–Crippen LogP) is 4.92. The van der Waals surface area contributed by atoms with E-state index in [9.17, 15) is 0 Å². The SMILES string of the molecule is CC(C=CC=Cc1ccccc1)=CCC/C(C)=C/CO. The van der Waals surface area contributed by atoms with Crippen molar-refractivity contribution >= 4 is 6.08 Å². The molecule has 0 fully saturated rings. The Morgan fingerprint density at radius 1 is 1.05 bits per heavy atom. The van der Waals surface area contributed by atoms with Crippen molar-refractivity contribution in [2.24, 2.45) is 0 Å². The molecule has 1 aromatic rings. The van der Waals surface area contributed by atoms with E-state index in [2.05, 4.69) is 56.4 Å². The lowest BCUT2D eigenvalue weighted by Crippen LogP contribution is -1.80. The maximum Gasteiger partial charge on any atom is 0.0614 e. The molecule has 0 spiro atoms. The second-order valence-corrected chi connectivity index (χ2v) is 4.85. The van der Waals surface area contributed by atoms with Crippen molar-refractivity contribution in [1.29, 1.82) is 0 Å². The van der Waals surface area contributed by atoms with E-state index in [1.165, 1.54) is 16.7 Å². The first-order valence-corrected chi connectivity index (χ1v) is 7.05. The van der Waals surface area contributed by atoms with Gasteiger partial charge in [0.25, 0.3) is 0 Å². The highest BCUT2D eigenvalue weighted by atomic mass is 16.2. The van der Waals surface area contributed by atoms with E-state index in [-0.39, 0.29) is 6.61 Å². The third kappa shape index (κ3) is 7.55. The fourth-order valence-electron chi connectivity index (χ4n) is 1.79. The maximum atomic E-state index is 8.77. The Hall–Kier alpha value is -1.86. The molecule has 0 saturated heterocycles. The van der Waals surface area contributed by atoms with Crippen LogP contribution in [0.25, 0.3) is 6.08 Å². The highest BCUT2D eigenvalue weighted by molar-refractivity contribution is 5.50. The smallest absolute Gasteiger partial charge is 0.0614 e. The van der Waals surface area contributed by atoms with E-state index in [4.69, 9.17) is 5.11 Å². The van der Waals surface area contributed by atoms with E-state index in [1.54, 1.807) is 0 Å². The lowest BCUT2D eigenvalue weighted by molar-refractivity contribution is 0.341. The zero-order chi connectivity index (χ0) is 14.6. The Morgan fingerprint density at radius 3 is 2.50 bits per heavy atom. The minimum absolute atomic E-state index is 0.138. The fourth-order valence-corrected chi connectivity index (χ4v) is 1.79. The number of hydrogen-bond acceptors (Lipinski definition) is 1. The van der Waals surface area contributed by atoms with Gasteiger partial charge in [0.1, 0.15) is 0 Å². The first-order valence-electron chi connectivity index (χ1n) is 7.05. The Labute approximate surface area is 122 Å². The van der Waals surface area contributed by atoms with Crippen LogP contribution in [0.4, 0.5) is 0 Å². The summed E-state index contributed by atoms with van der Waals surface area (Å²) in [6, 6.07) is 10.3. The molecule has 106 valence electrons. The van der Waals surface area contributed by atoms with Crippen LogP contribution in [0, 0.1) is 0 Å². The van der Waals surface area contributed by atoms with Crippen molar-refractivity contribution in [3.8, 4) is 0 Å². The van der Waals surface area contributed by atoms with Crippen molar-refractivity contribution in [3.05, 3.63) is 77.4 Å². The summed E-state index contributed by atoms with van der Waals surface area (Å²) in [7, 11) is 0. The van der Waals surface area contributed by atoms with Crippen LogP contribution in [0.3, 0.4) is 0 Å². The molecule has 0 amide bonds. The van der Waals surface area contributed by atoms with Crippen molar-refractivity contribution in [1.82, 2.24) is 0 Å². The van der Waals surface area contributed by atoms with Crippen molar-refractivity contribution in [2.45, 2.75) is 26.7 Å². The zero-order valence-corrected chi connectivity index (χ0v) is 12.4. The number of benzene rings is 1. The number of allylic oxidation sites excluding steroid dienone is 6. The third-order valence-corrected chi connectivity index (χ3v) is 3.00. The molecule has 0 aliphatic heterocycles. The highest BCUT2D eigenvalue weighted by Gasteiger charge is 1.88. The van der Waals surface area contributed by atoms with Crippen LogP contribution in [0.15, 0.2) is 71.9 Å². The second-order valence-electron chi connectivity index (χ2n) is 4.85. The summed E-state index contributed by atoms with van der Waals surface area (Å²) in [5, 5.41) is 8.77. The standard InChI is InChI=1S/C19H24O/c1-17(10-8-11-18(2)15-16-20)9-6-7-14-19-12-4-3-5-13-19/h3-7,9-10,12-15,20H,8,11,16H2,1-2H3/b9-6?,14-7?,17-10?,18-15+. The molecule has 0 aliphatic carbocycles. The first kappa shape index (κ1) is 16.2. The normalized spacial score (nSPS) is 13.6. The van der Waals surface area contributed by atoms with Gasteiger partial charge in [-0.05, 0) is 32.3 Å². The average Bonchev–Trinajstić information content (AvgIpc) is 2.45. The summed E-state index contributed by atoms with van der Waals surface area (Å²) < 4.78 is 0. The Kier molecular flexibility index (Phi) is 8.09. The summed E-state index contributed by atoms with van der Waals surface area (Å²) in [6.07, 6.45) is 14.4. The predicted molar refractivity (Wildman–Crippen MR) is 88.4 cm³/mol. The molecule has 1 rings (SSSR count). The Morgan fingerprint density at radius 2 is 1.80 bits per heavy atom. The van der Waals surface area contributed by atoms with Gasteiger partial charge in [-0.2, -0.15) is 0 Å². The van der Waals surface area contributed by atoms with Crippen LogP contribution in [0.5, 0.6) is 0 Å². The van der Waals surface area contributed by atoms with Gasteiger partial charge in [-0.15, -0.1) is 0 Å². The van der Waals surface area contributed by atoms with Gasteiger partial charge in [0.2, 0.25) is 0 Å². The lowest BCUT2D eigenvalue weighted by Gasteiger charge is -1.97. The van der Waals surface area contributed by atoms with E-state index < -0.39 is 0 Å². The summed E-state index contributed by atoms with van der Waals surface area (Å²) in [4.78, 5) is 0. The van der Waals surface area contributed by atoms with Gasteiger partial charge in [0.05, 0.1) is 6.61 Å². The zero-order valence-electron chi connectivity index (χ0n) is 12.4. The molecule has 20 heavy (non-hydrogen) atoms. The molecule has 0 atom stereocenters. The van der Waals surface area contributed by atoms with Crippen LogP contribution in [0.2, 0.25) is 0 Å². The number of rotatable bonds is 7. The molecule has 0 bridgehead atoms. The van der Waals surface area contributed by atoms with Crippen molar-refractivity contribution in [3.63, 3.8) is 0 Å². The molecule has 0 heterocycles. The monoisotopic (exact) mass is 268 g/mol. The van der Waals surface area contributed by atoms with Crippen LogP contribution in [-0.4, -0.2) is 11.7 Å². The third-order valence-electron chi connectivity index (χ3n) is 3.00. The highest BCUT2D eigenvalue weighted by Crippen LogP contribution is 2.07. The molecule has 1 nitrogen and oxygen atoms in total. The van der Waals surface area contributed by atoms with Gasteiger partial charge in [-0.1, -0.05) is 77.9 Å². The molecular formula is C19H24O. The van der Waals surface area contributed by atoms with Crippen molar-refractivity contribution < 1.29 is 5.11 Å². The largest absolute Gasteiger partial charge is 0.392 e. The van der Waals surface area contributed by atoms with E-state index in [0.717, 1.165) is 12.8 Å². The molecule has 1 heteroatoms. The van der Waals surface area contributed by atoms with Crippen LogP contribution in [0.1, 0.15) is 32.3 Å². The fraction of sp³-hybridized carbons (Fsp3) is 0.263. The molecule has 0 radical (unpaired) electrons. The van der Waals surface area contributed by atoms with Gasteiger partial charge in [-0.25, -0.2) is 0 Å². The summed E-state index contributed by atoms with van der Waals surface area (Å²) in [5.74, 6) is 0. The lowest BCUT2D eigenvalue weighted by atomic mass is 10.1. The van der Waals surface area contributed by atoms with Gasteiger partial charge < -0.3 is 5.11 Å². The molecule has 1 N–H and O–H groups in total. The van der Waals surface area contributed by atoms with Crippen LogP contribution in [-0.2, 0) is 0 Å². The topological polar surface area (TPSA) is 20.2 Å². The number of hydrogen-bond donors (Lipinski definition) is 1. The first-order chi connectivity index (χ1) is 9.72. The molecule has 0 aliphatic rings.